The van der Waals surface area contributed by atoms with E-state index in [9.17, 15) is 0 Å². The van der Waals surface area contributed by atoms with Gasteiger partial charge in [0.2, 0.25) is 5.95 Å². The molecule has 2 aromatic rings. The van der Waals surface area contributed by atoms with Gasteiger partial charge in [-0.25, -0.2) is 15.0 Å². The Bertz CT molecular complexity index is 653. The van der Waals surface area contributed by atoms with E-state index in [-0.39, 0.29) is 0 Å². The summed E-state index contributed by atoms with van der Waals surface area (Å²) in [5.74, 6) is 2.32. The van der Waals surface area contributed by atoms with E-state index < -0.39 is 0 Å². The van der Waals surface area contributed by atoms with Gasteiger partial charge in [0.25, 0.3) is 0 Å². The van der Waals surface area contributed by atoms with Gasteiger partial charge in [0.1, 0.15) is 5.82 Å². The van der Waals surface area contributed by atoms with Gasteiger partial charge >= 0.3 is 0 Å². The number of rotatable bonds is 4. The molecular weight excluding hydrogens is 274 g/mol. The van der Waals surface area contributed by atoms with E-state index in [2.05, 4.69) is 53.4 Å². The SMILES string of the molecule is CN(C)c1ncc(-c2nccn2CC2C(C)(C)C2(C)C)cn1. The van der Waals surface area contributed by atoms with E-state index in [1.54, 1.807) is 0 Å². The summed E-state index contributed by atoms with van der Waals surface area (Å²) < 4.78 is 2.23. The summed E-state index contributed by atoms with van der Waals surface area (Å²) in [6.07, 6.45) is 7.62. The highest BCUT2D eigenvalue weighted by molar-refractivity contribution is 5.53. The van der Waals surface area contributed by atoms with Crippen molar-refractivity contribution in [2.75, 3.05) is 19.0 Å². The average molecular weight is 299 g/mol. The maximum atomic E-state index is 4.51. The standard InChI is InChI=1S/C17H25N5/c1-16(2)13(17(16,3)4)11-22-8-7-18-14(22)12-9-19-15(20-10-12)21(5)6/h7-10,13H,11H2,1-6H3. The first-order chi connectivity index (χ1) is 10.2. The first kappa shape index (κ1) is 15.0. The molecule has 0 N–H and O–H groups in total. The molecule has 1 aliphatic carbocycles. The molecule has 2 heterocycles. The largest absolute Gasteiger partial charge is 0.347 e. The predicted octanol–water partition coefficient (Wildman–Crippen LogP) is 3.09. The zero-order valence-corrected chi connectivity index (χ0v) is 14.3. The topological polar surface area (TPSA) is 46.8 Å². The summed E-state index contributed by atoms with van der Waals surface area (Å²) in [7, 11) is 3.88. The molecule has 0 bridgehead atoms. The summed E-state index contributed by atoms with van der Waals surface area (Å²) >= 11 is 0. The number of hydrogen-bond donors (Lipinski definition) is 0. The zero-order chi connectivity index (χ0) is 16.1. The molecule has 2 aromatic heterocycles. The summed E-state index contributed by atoms with van der Waals surface area (Å²) in [5.41, 5.74) is 1.71. The van der Waals surface area contributed by atoms with Crippen LogP contribution in [0.15, 0.2) is 24.8 Å². The Labute approximate surface area is 132 Å². The van der Waals surface area contributed by atoms with Crippen LogP contribution in [0.3, 0.4) is 0 Å². The molecule has 0 aromatic carbocycles. The average Bonchev–Trinajstić information content (AvgIpc) is 2.84. The molecule has 5 nitrogen and oxygen atoms in total. The Balaban J connectivity index is 1.84. The Morgan fingerprint density at radius 3 is 2.14 bits per heavy atom. The molecule has 1 saturated carbocycles. The number of hydrogen-bond acceptors (Lipinski definition) is 4. The molecule has 118 valence electrons. The lowest BCUT2D eigenvalue weighted by molar-refractivity contribution is 0.457. The van der Waals surface area contributed by atoms with Crippen LogP contribution in [0.1, 0.15) is 27.7 Å². The third kappa shape index (κ3) is 2.19. The van der Waals surface area contributed by atoms with Gasteiger partial charge in [-0.2, -0.15) is 0 Å². The van der Waals surface area contributed by atoms with E-state index in [1.165, 1.54) is 0 Å². The fraction of sp³-hybridized carbons (Fsp3) is 0.588. The van der Waals surface area contributed by atoms with Gasteiger partial charge in [-0.15, -0.1) is 0 Å². The normalized spacial score (nSPS) is 19.2. The Morgan fingerprint density at radius 1 is 1.05 bits per heavy atom. The van der Waals surface area contributed by atoms with Crippen LogP contribution in [-0.4, -0.2) is 33.6 Å². The van der Waals surface area contributed by atoms with E-state index in [0.717, 1.165) is 17.9 Å². The molecule has 1 fully saturated rings. The van der Waals surface area contributed by atoms with E-state index in [4.69, 9.17) is 0 Å². The lowest BCUT2D eigenvalue weighted by Gasteiger charge is -2.11. The van der Waals surface area contributed by atoms with Crippen LogP contribution in [0, 0.1) is 16.7 Å². The van der Waals surface area contributed by atoms with Gasteiger partial charge in [-0.1, -0.05) is 27.7 Å². The van der Waals surface area contributed by atoms with Crippen molar-refractivity contribution >= 4 is 5.95 Å². The summed E-state index contributed by atoms with van der Waals surface area (Å²) in [4.78, 5) is 15.2. The molecule has 5 heteroatoms. The van der Waals surface area contributed by atoms with E-state index >= 15 is 0 Å². The Morgan fingerprint density at radius 2 is 1.64 bits per heavy atom. The van der Waals surface area contributed by atoms with E-state index in [0.29, 0.717) is 22.7 Å². The minimum absolute atomic E-state index is 0.375. The van der Waals surface area contributed by atoms with Crippen molar-refractivity contribution in [3.63, 3.8) is 0 Å². The van der Waals surface area contributed by atoms with Crippen molar-refractivity contribution in [2.24, 2.45) is 16.7 Å². The van der Waals surface area contributed by atoms with Gasteiger partial charge in [0, 0.05) is 45.4 Å². The molecule has 0 atom stereocenters. The Hall–Kier alpha value is -1.91. The molecule has 3 rings (SSSR count). The molecule has 0 aliphatic heterocycles. The van der Waals surface area contributed by atoms with Gasteiger partial charge in [0.05, 0.1) is 5.56 Å². The molecule has 1 aliphatic rings. The maximum Gasteiger partial charge on any atom is 0.224 e. The lowest BCUT2D eigenvalue weighted by atomic mass is 10.0. The van der Waals surface area contributed by atoms with Gasteiger partial charge in [-0.3, -0.25) is 0 Å². The van der Waals surface area contributed by atoms with Crippen LogP contribution in [-0.2, 0) is 6.54 Å². The molecule has 0 spiro atoms. The minimum Gasteiger partial charge on any atom is -0.347 e. The smallest absolute Gasteiger partial charge is 0.224 e. The molecule has 0 unspecified atom stereocenters. The third-order valence-corrected chi connectivity index (χ3v) is 5.71. The lowest BCUT2D eigenvalue weighted by Crippen LogP contribution is -2.12. The molecule has 0 radical (unpaired) electrons. The molecule has 0 saturated heterocycles. The quantitative estimate of drug-likeness (QED) is 0.870. The van der Waals surface area contributed by atoms with Crippen LogP contribution in [0.2, 0.25) is 0 Å². The van der Waals surface area contributed by atoms with E-state index in [1.807, 2.05) is 37.6 Å². The third-order valence-electron chi connectivity index (χ3n) is 5.71. The highest BCUT2D eigenvalue weighted by Gasteiger charge is 2.64. The monoisotopic (exact) mass is 299 g/mol. The molecular formula is C17H25N5. The predicted molar refractivity (Wildman–Crippen MR) is 88.6 cm³/mol. The fourth-order valence-electron chi connectivity index (χ4n) is 3.37. The highest BCUT2D eigenvalue weighted by atomic mass is 15.2. The van der Waals surface area contributed by atoms with Crippen molar-refractivity contribution in [1.29, 1.82) is 0 Å². The van der Waals surface area contributed by atoms with Crippen molar-refractivity contribution in [2.45, 2.75) is 34.2 Å². The van der Waals surface area contributed by atoms with Crippen molar-refractivity contribution < 1.29 is 0 Å². The molecule has 0 amide bonds. The van der Waals surface area contributed by atoms with Crippen LogP contribution in [0.5, 0.6) is 0 Å². The maximum absolute atomic E-state index is 4.51. The second kappa shape index (κ2) is 4.80. The van der Waals surface area contributed by atoms with Crippen molar-refractivity contribution in [1.82, 2.24) is 19.5 Å². The summed E-state index contributed by atoms with van der Waals surface area (Å²) in [6.45, 7) is 10.4. The number of nitrogens with zero attached hydrogens (tertiary/aromatic N) is 5. The second-order valence-electron chi connectivity index (χ2n) is 7.57. The first-order valence-corrected chi connectivity index (χ1v) is 7.76. The fourth-order valence-corrected chi connectivity index (χ4v) is 3.37. The highest BCUT2D eigenvalue weighted by Crippen LogP contribution is 2.68. The summed E-state index contributed by atoms with van der Waals surface area (Å²) in [5, 5.41) is 0. The van der Waals surface area contributed by atoms with Crippen LogP contribution < -0.4 is 4.90 Å². The van der Waals surface area contributed by atoms with Crippen molar-refractivity contribution in [3.05, 3.63) is 24.8 Å². The number of aromatic nitrogens is 4. The minimum atomic E-state index is 0.375. The first-order valence-electron chi connectivity index (χ1n) is 7.76. The number of anilines is 1. The van der Waals surface area contributed by atoms with Crippen LogP contribution in [0.25, 0.3) is 11.4 Å². The van der Waals surface area contributed by atoms with Crippen LogP contribution in [0.4, 0.5) is 5.95 Å². The zero-order valence-electron chi connectivity index (χ0n) is 14.3. The van der Waals surface area contributed by atoms with Crippen molar-refractivity contribution in [3.8, 4) is 11.4 Å². The van der Waals surface area contributed by atoms with Gasteiger partial charge in [-0.05, 0) is 16.7 Å². The van der Waals surface area contributed by atoms with Crippen LogP contribution >= 0.6 is 0 Å². The van der Waals surface area contributed by atoms with Gasteiger partial charge in [0.15, 0.2) is 0 Å². The summed E-state index contributed by atoms with van der Waals surface area (Å²) in [6, 6.07) is 0. The van der Waals surface area contributed by atoms with Gasteiger partial charge < -0.3 is 9.47 Å². The Kier molecular flexibility index (Phi) is 3.27. The molecule has 22 heavy (non-hydrogen) atoms. The second-order valence-corrected chi connectivity index (χ2v) is 7.57. The number of imidazole rings is 1.